The molecule has 18 heavy (non-hydrogen) atoms. The highest BCUT2D eigenvalue weighted by Crippen LogP contribution is 2.29. The normalized spacial score (nSPS) is 27.0. The van der Waals surface area contributed by atoms with E-state index in [4.69, 9.17) is 4.98 Å². The van der Waals surface area contributed by atoms with Crippen LogP contribution in [0.15, 0.2) is 6.20 Å². The lowest BCUT2D eigenvalue weighted by Gasteiger charge is -2.49. The van der Waals surface area contributed by atoms with Crippen LogP contribution in [-0.2, 0) is 5.41 Å². The number of piperidine rings is 1. The fourth-order valence-electron chi connectivity index (χ4n) is 2.63. The van der Waals surface area contributed by atoms with E-state index >= 15 is 0 Å². The Bertz CT molecular complexity index is 453. The number of hydrogen-bond donors (Lipinski definition) is 1. The van der Waals surface area contributed by atoms with E-state index in [1.165, 1.54) is 6.42 Å². The summed E-state index contributed by atoms with van der Waals surface area (Å²) < 4.78 is 1.15. The summed E-state index contributed by atoms with van der Waals surface area (Å²) in [5.74, 6) is 2.05. The fourth-order valence-corrected chi connectivity index (χ4v) is 3.23. The Balaban J connectivity index is 1.91. The van der Waals surface area contributed by atoms with Crippen molar-refractivity contribution in [3.63, 3.8) is 0 Å². The number of piperazine rings is 1. The fraction of sp³-hybridized carbons (Fsp3) is 0.692. The molecule has 3 aliphatic heterocycles. The summed E-state index contributed by atoms with van der Waals surface area (Å²) in [7, 11) is 0. The van der Waals surface area contributed by atoms with Gasteiger partial charge in [-0.2, -0.15) is 0 Å². The zero-order valence-corrected chi connectivity index (χ0v) is 13.2. The number of nitrogens with one attached hydrogen (secondary N) is 1. The van der Waals surface area contributed by atoms with Crippen LogP contribution in [0.5, 0.6) is 0 Å². The van der Waals surface area contributed by atoms with Crippen LogP contribution in [0.4, 0.5) is 5.82 Å². The van der Waals surface area contributed by atoms with E-state index in [-0.39, 0.29) is 5.41 Å². The molecule has 2 bridgehead atoms. The number of halogens is 1. The summed E-state index contributed by atoms with van der Waals surface area (Å²) in [4.78, 5) is 11.7. The molecule has 0 amide bonds. The molecule has 0 saturated carbocycles. The van der Waals surface area contributed by atoms with Crippen LogP contribution in [-0.4, -0.2) is 35.1 Å². The smallest absolute Gasteiger partial charge is 0.145 e. The molecule has 5 heteroatoms. The Hall–Kier alpha value is -0.430. The number of aromatic nitrogens is 2. The summed E-state index contributed by atoms with van der Waals surface area (Å²) >= 11 is 2.34. The molecule has 4 heterocycles. The van der Waals surface area contributed by atoms with Gasteiger partial charge in [0.2, 0.25) is 0 Å². The maximum Gasteiger partial charge on any atom is 0.145 e. The maximum absolute atomic E-state index is 4.80. The van der Waals surface area contributed by atoms with Gasteiger partial charge in [0.15, 0.2) is 0 Å². The molecule has 3 fully saturated rings. The third kappa shape index (κ3) is 2.22. The van der Waals surface area contributed by atoms with Crippen molar-refractivity contribution >= 4 is 28.4 Å². The van der Waals surface area contributed by atoms with Crippen LogP contribution >= 0.6 is 22.6 Å². The van der Waals surface area contributed by atoms with Gasteiger partial charge >= 0.3 is 0 Å². The highest BCUT2D eigenvalue weighted by atomic mass is 127. The van der Waals surface area contributed by atoms with Crippen molar-refractivity contribution in [3.05, 3.63) is 15.6 Å². The molecule has 1 aromatic rings. The maximum atomic E-state index is 4.80. The van der Waals surface area contributed by atoms with E-state index in [9.17, 15) is 0 Å². The van der Waals surface area contributed by atoms with Gasteiger partial charge < -0.3 is 10.2 Å². The van der Waals surface area contributed by atoms with Gasteiger partial charge in [-0.25, -0.2) is 9.97 Å². The van der Waals surface area contributed by atoms with Crippen molar-refractivity contribution in [3.8, 4) is 0 Å². The zero-order valence-electron chi connectivity index (χ0n) is 11.1. The lowest BCUT2D eigenvalue weighted by Crippen LogP contribution is -2.67. The summed E-state index contributed by atoms with van der Waals surface area (Å²) in [6.07, 6.45) is 3.28. The van der Waals surface area contributed by atoms with Crippen molar-refractivity contribution in [2.75, 3.05) is 18.0 Å². The zero-order chi connectivity index (χ0) is 12.9. The molecule has 1 N–H and O–H groups in total. The molecule has 0 aromatic carbocycles. The summed E-state index contributed by atoms with van der Waals surface area (Å²) in [6, 6.07) is 1.32. The average Bonchev–Trinajstić information content (AvgIpc) is 2.27. The standard InChI is InChI=1S/C13H19IN4/c1-13(2,3)12-15-5-10(14)11(17-12)18-6-8-4-9(7-18)16-8/h5,8-9,16H,4,6-7H2,1-3H3. The van der Waals surface area contributed by atoms with Gasteiger partial charge in [0.05, 0.1) is 3.57 Å². The Labute approximate surface area is 122 Å². The predicted molar refractivity (Wildman–Crippen MR) is 81.0 cm³/mol. The van der Waals surface area contributed by atoms with E-state index in [0.29, 0.717) is 12.1 Å². The van der Waals surface area contributed by atoms with Gasteiger partial charge in [-0.05, 0) is 29.0 Å². The van der Waals surface area contributed by atoms with E-state index in [0.717, 1.165) is 28.3 Å². The minimum absolute atomic E-state index is 0.00997. The van der Waals surface area contributed by atoms with Crippen LogP contribution in [0.3, 0.4) is 0 Å². The molecule has 0 radical (unpaired) electrons. The Morgan fingerprint density at radius 3 is 2.50 bits per heavy atom. The number of anilines is 1. The third-order valence-electron chi connectivity index (χ3n) is 3.62. The third-order valence-corrected chi connectivity index (χ3v) is 4.38. The van der Waals surface area contributed by atoms with Gasteiger partial charge in [-0.1, -0.05) is 20.8 Å². The van der Waals surface area contributed by atoms with Crippen LogP contribution < -0.4 is 10.2 Å². The minimum atomic E-state index is 0.00997. The molecule has 0 spiro atoms. The monoisotopic (exact) mass is 358 g/mol. The molecule has 4 rings (SSSR count). The second kappa shape index (κ2) is 4.30. The van der Waals surface area contributed by atoms with Gasteiger partial charge in [-0.15, -0.1) is 0 Å². The van der Waals surface area contributed by atoms with Crippen LogP contribution in [0.1, 0.15) is 33.0 Å². The largest absolute Gasteiger partial charge is 0.353 e. The Morgan fingerprint density at radius 1 is 1.33 bits per heavy atom. The van der Waals surface area contributed by atoms with Crippen molar-refractivity contribution in [2.24, 2.45) is 0 Å². The second-order valence-corrected chi connectivity index (χ2v) is 7.48. The van der Waals surface area contributed by atoms with Crippen molar-refractivity contribution < 1.29 is 0 Å². The number of fused-ring (bicyclic) bond motifs is 2. The quantitative estimate of drug-likeness (QED) is 0.779. The van der Waals surface area contributed by atoms with Gasteiger partial charge in [0, 0.05) is 36.8 Å². The first kappa shape index (κ1) is 12.6. The Morgan fingerprint density at radius 2 is 1.94 bits per heavy atom. The van der Waals surface area contributed by atoms with Gasteiger partial charge in [-0.3, -0.25) is 0 Å². The van der Waals surface area contributed by atoms with Gasteiger partial charge in [0.25, 0.3) is 0 Å². The molecular formula is C13H19IN4. The van der Waals surface area contributed by atoms with Crippen LogP contribution in [0.2, 0.25) is 0 Å². The van der Waals surface area contributed by atoms with Crippen molar-refractivity contribution in [1.29, 1.82) is 0 Å². The highest BCUT2D eigenvalue weighted by Gasteiger charge is 2.37. The lowest BCUT2D eigenvalue weighted by atomic mass is 9.91. The number of hydrogen-bond acceptors (Lipinski definition) is 4. The molecule has 3 aliphatic rings. The minimum Gasteiger partial charge on any atom is -0.353 e. The average molecular weight is 358 g/mol. The summed E-state index contributed by atoms with van der Waals surface area (Å²) in [5.41, 5.74) is 0.00997. The predicted octanol–water partition coefficient (Wildman–Crippen LogP) is 1.93. The second-order valence-electron chi connectivity index (χ2n) is 6.32. The van der Waals surface area contributed by atoms with E-state index in [1.807, 2.05) is 6.20 Å². The van der Waals surface area contributed by atoms with Crippen LogP contribution in [0, 0.1) is 3.57 Å². The molecule has 2 atom stereocenters. The number of rotatable bonds is 1. The molecule has 3 saturated heterocycles. The van der Waals surface area contributed by atoms with Gasteiger partial charge in [0.1, 0.15) is 11.6 Å². The molecule has 4 nitrogen and oxygen atoms in total. The van der Waals surface area contributed by atoms with Crippen LogP contribution in [0.25, 0.3) is 0 Å². The first-order chi connectivity index (χ1) is 8.43. The first-order valence-electron chi connectivity index (χ1n) is 6.47. The van der Waals surface area contributed by atoms with Crippen molar-refractivity contribution in [1.82, 2.24) is 15.3 Å². The summed E-state index contributed by atoms with van der Waals surface area (Å²) in [6.45, 7) is 8.64. The molecular weight excluding hydrogens is 339 g/mol. The first-order valence-corrected chi connectivity index (χ1v) is 7.55. The van der Waals surface area contributed by atoms with E-state index in [1.54, 1.807) is 0 Å². The lowest BCUT2D eigenvalue weighted by molar-refractivity contribution is 0.225. The van der Waals surface area contributed by atoms with E-state index < -0.39 is 0 Å². The highest BCUT2D eigenvalue weighted by molar-refractivity contribution is 14.1. The van der Waals surface area contributed by atoms with E-state index in [2.05, 4.69) is 58.6 Å². The topological polar surface area (TPSA) is 41.1 Å². The SMILES string of the molecule is CC(C)(C)c1ncc(I)c(N2CC3CC(C2)N3)n1. The van der Waals surface area contributed by atoms with Crippen molar-refractivity contribution in [2.45, 2.75) is 44.7 Å². The summed E-state index contributed by atoms with van der Waals surface area (Å²) in [5, 5.41) is 3.56. The number of nitrogens with zero attached hydrogens (tertiary/aromatic N) is 3. The Kier molecular flexibility index (Phi) is 3.01. The molecule has 98 valence electrons. The molecule has 0 aliphatic carbocycles. The molecule has 1 aromatic heterocycles. The molecule has 2 unspecified atom stereocenters.